The second kappa shape index (κ2) is 7.72. The van der Waals surface area contributed by atoms with Crippen molar-refractivity contribution in [3.05, 3.63) is 53.3 Å². The van der Waals surface area contributed by atoms with Crippen LogP contribution in [0.3, 0.4) is 0 Å². The van der Waals surface area contributed by atoms with Gasteiger partial charge in [0.1, 0.15) is 16.6 Å². The molecule has 3 rings (SSSR count). The van der Waals surface area contributed by atoms with Crippen LogP contribution in [0.15, 0.2) is 47.5 Å². The van der Waals surface area contributed by atoms with Crippen molar-refractivity contribution < 1.29 is 9.53 Å². The fourth-order valence-corrected chi connectivity index (χ4v) is 3.40. The standard InChI is InChI=1S/C18H16ClN3O2S/c1-11-20-14-6-4-3-5-13(14)18(21-11)25-10-17(23)22-15-9-12(19)7-8-16(15)24-2/h3-9H,10H2,1-2H3,(H,22,23). The molecule has 1 amide bonds. The van der Waals surface area contributed by atoms with Crippen molar-refractivity contribution in [2.24, 2.45) is 0 Å². The lowest BCUT2D eigenvalue weighted by Crippen LogP contribution is -2.15. The summed E-state index contributed by atoms with van der Waals surface area (Å²) in [4.78, 5) is 21.2. The Kier molecular flexibility index (Phi) is 5.40. The van der Waals surface area contributed by atoms with Gasteiger partial charge in [-0.2, -0.15) is 0 Å². The summed E-state index contributed by atoms with van der Waals surface area (Å²) in [7, 11) is 1.55. The van der Waals surface area contributed by atoms with Gasteiger partial charge in [-0.05, 0) is 31.2 Å². The number of para-hydroxylation sites is 1. The molecule has 0 spiro atoms. The van der Waals surface area contributed by atoms with Crippen LogP contribution in [0.2, 0.25) is 5.02 Å². The summed E-state index contributed by atoms with van der Waals surface area (Å²) < 4.78 is 5.24. The zero-order chi connectivity index (χ0) is 17.8. The number of hydrogen-bond donors (Lipinski definition) is 1. The maximum atomic E-state index is 12.3. The summed E-state index contributed by atoms with van der Waals surface area (Å²) in [5, 5.41) is 5.08. The van der Waals surface area contributed by atoms with E-state index in [0.717, 1.165) is 15.9 Å². The lowest BCUT2D eigenvalue weighted by atomic mass is 10.2. The highest BCUT2D eigenvalue weighted by Crippen LogP contribution is 2.29. The molecule has 2 aromatic carbocycles. The van der Waals surface area contributed by atoms with Gasteiger partial charge in [0, 0.05) is 10.4 Å². The number of nitrogens with one attached hydrogen (secondary N) is 1. The summed E-state index contributed by atoms with van der Waals surface area (Å²) in [6, 6.07) is 12.8. The number of anilines is 1. The number of aromatic nitrogens is 2. The SMILES string of the molecule is COc1ccc(Cl)cc1NC(=O)CSc1nc(C)nc2ccccc12. The van der Waals surface area contributed by atoms with E-state index in [1.54, 1.807) is 25.3 Å². The van der Waals surface area contributed by atoms with E-state index in [2.05, 4.69) is 15.3 Å². The van der Waals surface area contributed by atoms with Crippen molar-refractivity contribution in [2.75, 3.05) is 18.2 Å². The van der Waals surface area contributed by atoms with Crippen LogP contribution in [-0.2, 0) is 4.79 Å². The number of fused-ring (bicyclic) bond motifs is 1. The Hall–Kier alpha value is -2.31. The first kappa shape index (κ1) is 17.5. The quantitative estimate of drug-likeness (QED) is 0.532. The summed E-state index contributed by atoms with van der Waals surface area (Å²) in [5.41, 5.74) is 1.42. The van der Waals surface area contributed by atoms with Gasteiger partial charge in [0.2, 0.25) is 5.91 Å². The number of amides is 1. The van der Waals surface area contributed by atoms with E-state index in [-0.39, 0.29) is 11.7 Å². The van der Waals surface area contributed by atoms with Crippen LogP contribution < -0.4 is 10.1 Å². The first-order chi connectivity index (χ1) is 12.1. The zero-order valence-corrected chi connectivity index (χ0v) is 15.3. The molecule has 0 radical (unpaired) electrons. The van der Waals surface area contributed by atoms with Crippen LogP contribution in [0.1, 0.15) is 5.82 Å². The number of carbonyl (C=O) groups is 1. The Morgan fingerprint density at radius 1 is 1.24 bits per heavy atom. The maximum absolute atomic E-state index is 12.3. The fourth-order valence-electron chi connectivity index (χ4n) is 2.37. The average Bonchev–Trinajstić information content (AvgIpc) is 2.59. The molecule has 0 atom stereocenters. The Labute approximate surface area is 154 Å². The van der Waals surface area contributed by atoms with E-state index in [1.165, 1.54) is 11.8 Å². The van der Waals surface area contributed by atoms with Gasteiger partial charge >= 0.3 is 0 Å². The van der Waals surface area contributed by atoms with Gasteiger partial charge in [-0.15, -0.1) is 0 Å². The van der Waals surface area contributed by atoms with E-state index in [1.807, 2.05) is 31.2 Å². The van der Waals surface area contributed by atoms with E-state index >= 15 is 0 Å². The van der Waals surface area contributed by atoms with Gasteiger partial charge in [0.15, 0.2) is 0 Å². The van der Waals surface area contributed by atoms with Gasteiger partial charge < -0.3 is 10.1 Å². The number of ether oxygens (including phenoxy) is 1. The normalized spacial score (nSPS) is 10.7. The molecule has 0 aliphatic rings. The molecular weight excluding hydrogens is 358 g/mol. The monoisotopic (exact) mass is 373 g/mol. The topological polar surface area (TPSA) is 64.1 Å². The minimum Gasteiger partial charge on any atom is -0.495 e. The van der Waals surface area contributed by atoms with Crippen LogP contribution in [0.4, 0.5) is 5.69 Å². The minimum atomic E-state index is -0.161. The Bertz CT molecular complexity index is 933. The predicted molar refractivity (Wildman–Crippen MR) is 102 cm³/mol. The van der Waals surface area contributed by atoms with Crippen LogP contribution in [-0.4, -0.2) is 28.7 Å². The summed E-state index contributed by atoms with van der Waals surface area (Å²) in [6.07, 6.45) is 0. The van der Waals surface area contributed by atoms with E-state index < -0.39 is 0 Å². The third-order valence-corrected chi connectivity index (χ3v) is 4.68. The highest BCUT2D eigenvalue weighted by molar-refractivity contribution is 8.00. The predicted octanol–water partition coefficient (Wildman–Crippen LogP) is 4.33. The molecule has 0 saturated carbocycles. The summed E-state index contributed by atoms with van der Waals surface area (Å²) >= 11 is 7.36. The van der Waals surface area contributed by atoms with E-state index in [4.69, 9.17) is 16.3 Å². The molecule has 1 heterocycles. The minimum absolute atomic E-state index is 0.161. The van der Waals surface area contributed by atoms with Crippen LogP contribution >= 0.6 is 23.4 Å². The summed E-state index contributed by atoms with van der Waals surface area (Å²) in [6.45, 7) is 1.84. The van der Waals surface area contributed by atoms with Gasteiger partial charge in [-0.1, -0.05) is 41.6 Å². The largest absolute Gasteiger partial charge is 0.495 e. The Morgan fingerprint density at radius 2 is 2.04 bits per heavy atom. The van der Waals surface area contributed by atoms with Crippen molar-refractivity contribution in [3.8, 4) is 5.75 Å². The number of methoxy groups -OCH3 is 1. The molecule has 1 N–H and O–H groups in total. The number of rotatable bonds is 5. The molecule has 7 heteroatoms. The van der Waals surface area contributed by atoms with Crippen molar-refractivity contribution >= 4 is 45.9 Å². The van der Waals surface area contributed by atoms with Crippen LogP contribution in [0.5, 0.6) is 5.75 Å². The summed E-state index contributed by atoms with van der Waals surface area (Å²) in [5.74, 6) is 1.30. The Morgan fingerprint density at radius 3 is 2.84 bits per heavy atom. The molecular formula is C18H16ClN3O2S. The zero-order valence-electron chi connectivity index (χ0n) is 13.7. The third-order valence-electron chi connectivity index (χ3n) is 3.46. The Balaban J connectivity index is 1.74. The lowest BCUT2D eigenvalue weighted by Gasteiger charge is -2.11. The van der Waals surface area contributed by atoms with Crippen molar-refractivity contribution in [1.82, 2.24) is 9.97 Å². The van der Waals surface area contributed by atoms with Crippen LogP contribution in [0.25, 0.3) is 10.9 Å². The highest BCUT2D eigenvalue weighted by Gasteiger charge is 2.11. The molecule has 0 aliphatic heterocycles. The molecule has 0 unspecified atom stereocenters. The number of hydrogen-bond acceptors (Lipinski definition) is 5. The first-order valence-electron chi connectivity index (χ1n) is 7.56. The lowest BCUT2D eigenvalue weighted by molar-refractivity contribution is -0.113. The molecule has 0 bridgehead atoms. The number of carbonyl (C=O) groups excluding carboxylic acids is 1. The van der Waals surface area contributed by atoms with Crippen molar-refractivity contribution in [2.45, 2.75) is 11.9 Å². The fraction of sp³-hybridized carbons (Fsp3) is 0.167. The van der Waals surface area contributed by atoms with Crippen LogP contribution in [0, 0.1) is 6.92 Å². The van der Waals surface area contributed by atoms with Gasteiger partial charge in [0.25, 0.3) is 0 Å². The molecule has 25 heavy (non-hydrogen) atoms. The number of aryl methyl sites for hydroxylation is 1. The second-order valence-electron chi connectivity index (χ2n) is 5.27. The average molecular weight is 374 g/mol. The highest BCUT2D eigenvalue weighted by atomic mass is 35.5. The van der Waals surface area contributed by atoms with Gasteiger partial charge in [-0.3, -0.25) is 4.79 Å². The van der Waals surface area contributed by atoms with Gasteiger partial charge in [-0.25, -0.2) is 9.97 Å². The molecule has 5 nitrogen and oxygen atoms in total. The van der Waals surface area contributed by atoms with E-state index in [0.29, 0.717) is 22.3 Å². The number of halogens is 1. The molecule has 0 fully saturated rings. The molecule has 0 aliphatic carbocycles. The maximum Gasteiger partial charge on any atom is 0.234 e. The molecule has 1 aromatic heterocycles. The van der Waals surface area contributed by atoms with E-state index in [9.17, 15) is 4.79 Å². The molecule has 3 aromatic rings. The third kappa shape index (κ3) is 4.21. The first-order valence-corrected chi connectivity index (χ1v) is 8.93. The number of thioether (sulfide) groups is 1. The number of nitrogens with zero attached hydrogens (tertiary/aromatic N) is 2. The van der Waals surface area contributed by atoms with Crippen molar-refractivity contribution in [3.63, 3.8) is 0 Å². The smallest absolute Gasteiger partial charge is 0.234 e. The van der Waals surface area contributed by atoms with Crippen molar-refractivity contribution in [1.29, 1.82) is 0 Å². The molecule has 128 valence electrons. The van der Waals surface area contributed by atoms with Gasteiger partial charge in [0.05, 0.1) is 24.1 Å². The second-order valence-corrected chi connectivity index (χ2v) is 6.68. The molecule has 0 saturated heterocycles. The number of benzene rings is 2.